The van der Waals surface area contributed by atoms with Gasteiger partial charge in [-0.1, -0.05) is 15.9 Å². The van der Waals surface area contributed by atoms with Crippen LogP contribution in [0.2, 0.25) is 0 Å². The lowest BCUT2D eigenvalue weighted by atomic mass is 10.2. The number of urea groups is 1. The fraction of sp³-hybridized carbons (Fsp3) is 0.200. The van der Waals surface area contributed by atoms with E-state index in [1.165, 1.54) is 0 Å². The van der Waals surface area contributed by atoms with Crippen LogP contribution < -0.4 is 10.2 Å². The van der Waals surface area contributed by atoms with Gasteiger partial charge in [-0.2, -0.15) is 0 Å². The predicted molar refractivity (Wildman–Crippen MR) is 90.2 cm³/mol. The van der Waals surface area contributed by atoms with Crippen molar-refractivity contribution < 1.29 is 4.79 Å². The minimum atomic E-state index is -0.119. The number of pyridine rings is 1. The van der Waals surface area contributed by atoms with Crippen LogP contribution in [-0.2, 0) is 0 Å². The maximum atomic E-state index is 12.5. The van der Waals surface area contributed by atoms with E-state index in [0.29, 0.717) is 6.54 Å². The molecule has 1 aliphatic rings. The molecule has 0 saturated heterocycles. The van der Waals surface area contributed by atoms with Crippen LogP contribution in [0.4, 0.5) is 16.2 Å². The Morgan fingerprint density at radius 3 is 3.10 bits per heavy atom. The number of aromatic nitrogens is 1. The van der Waals surface area contributed by atoms with Gasteiger partial charge in [0.05, 0.1) is 5.69 Å². The van der Waals surface area contributed by atoms with Crippen molar-refractivity contribution in [2.45, 2.75) is 11.9 Å². The van der Waals surface area contributed by atoms with Crippen molar-refractivity contribution in [1.29, 1.82) is 0 Å². The van der Waals surface area contributed by atoms with Gasteiger partial charge in [0.2, 0.25) is 0 Å². The van der Waals surface area contributed by atoms with Crippen LogP contribution in [0.1, 0.15) is 5.56 Å². The average molecular weight is 364 g/mol. The maximum absolute atomic E-state index is 12.5. The molecular weight excluding hydrogens is 350 g/mol. The van der Waals surface area contributed by atoms with Crippen LogP contribution in [0.25, 0.3) is 0 Å². The highest BCUT2D eigenvalue weighted by Crippen LogP contribution is 2.32. The summed E-state index contributed by atoms with van der Waals surface area (Å²) in [5.41, 5.74) is 2.76. The predicted octanol–water partition coefficient (Wildman–Crippen LogP) is 4.30. The third-order valence-corrected chi connectivity index (χ3v) is 5.11. The van der Waals surface area contributed by atoms with Gasteiger partial charge in [-0.15, -0.1) is 11.8 Å². The highest BCUT2D eigenvalue weighted by molar-refractivity contribution is 9.10. The Morgan fingerprint density at radius 1 is 1.43 bits per heavy atom. The summed E-state index contributed by atoms with van der Waals surface area (Å²) in [5, 5.41) is 3.86. The number of anilines is 2. The Morgan fingerprint density at radius 2 is 2.29 bits per heavy atom. The number of fused-ring (bicyclic) bond motifs is 1. The molecule has 0 radical (unpaired) electrons. The second kappa shape index (κ2) is 6.07. The Bertz CT molecular complexity index is 692. The Kier molecular flexibility index (Phi) is 4.17. The van der Waals surface area contributed by atoms with E-state index in [-0.39, 0.29) is 6.03 Å². The maximum Gasteiger partial charge on any atom is 0.326 e. The van der Waals surface area contributed by atoms with E-state index in [1.807, 2.05) is 37.3 Å². The molecule has 1 aromatic heterocycles. The fourth-order valence-corrected chi connectivity index (χ4v) is 3.35. The molecule has 0 aliphatic carbocycles. The molecule has 0 saturated carbocycles. The van der Waals surface area contributed by atoms with Gasteiger partial charge < -0.3 is 5.32 Å². The number of nitrogens with zero attached hydrogens (tertiary/aromatic N) is 2. The summed E-state index contributed by atoms with van der Waals surface area (Å²) in [6.45, 7) is 2.68. The van der Waals surface area contributed by atoms with E-state index >= 15 is 0 Å². The number of halogens is 1. The SMILES string of the molecule is Cc1cc(NC(=O)N2CCSc3ncccc32)ccc1Br. The van der Waals surface area contributed by atoms with Crippen molar-refractivity contribution in [3.05, 3.63) is 46.6 Å². The van der Waals surface area contributed by atoms with Crippen molar-refractivity contribution in [1.82, 2.24) is 4.98 Å². The molecule has 1 aromatic carbocycles. The number of carbonyl (C=O) groups is 1. The van der Waals surface area contributed by atoms with E-state index in [9.17, 15) is 4.79 Å². The molecule has 6 heteroatoms. The normalized spacial score (nSPS) is 13.7. The monoisotopic (exact) mass is 363 g/mol. The van der Waals surface area contributed by atoms with Gasteiger partial charge in [-0.25, -0.2) is 9.78 Å². The Balaban J connectivity index is 1.81. The molecule has 0 atom stereocenters. The molecule has 0 bridgehead atoms. The summed E-state index contributed by atoms with van der Waals surface area (Å²) in [6.07, 6.45) is 1.76. The summed E-state index contributed by atoms with van der Waals surface area (Å²) >= 11 is 5.14. The van der Waals surface area contributed by atoms with Crippen molar-refractivity contribution in [2.24, 2.45) is 0 Å². The molecule has 21 heavy (non-hydrogen) atoms. The molecule has 0 fully saturated rings. The molecule has 2 heterocycles. The van der Waals surface area contributed by atoms with E-state index < -0.39 is 0 Å². The van der Waals surface area contributed by atoms with Gasteiger partial charge in [0.25, 0.3) is 0 Å². The number of nitrogens with one attached hydrogen (secondary N) is 1. The largest absolute Gasteiger partial charge is 0.326 e. The lowest BCUT2D eigenvalue weighted by molar-refractivity contribution is 0.257. The smallest absolute Gasteiger partial charge is 0.308 e. The average Bonchev–Trinajstić information content (AvgIpc) is 2.50. The van der Waals surface area contributed by atoms with E-state index in [2.05, 4.69) is 26.2 Å². The third-order valence-electron chi connectivity index (χ3n) is 3.25. The fourth-order valence-electron chi connectivity index (χ4n) is 2.18. The van der Waals surface area contributed by atoms with Gasteiger partial charge in [0.1, 0.15) is 5.03 Å². The molecule has 2 aromatic rings. The van der Waals surface area contributed by atoms with Crippen LogP contribution in [0.15, 0.2) is 46.0 Å². The minimum absolute atomic E-state index is 0.119. The molecular formula is C15H14BrN3OS. The zero-order valence-corrected chi connectivity index (χ0v) is 13.9. The van der Waals surface area contributed by atoms with Gasteiger partial charge in [0, 0.05) is 28.7 Å². The first-order chi connectivity index (χ1) is 10.1. The summed E-state index contributed by atoms with van der Waals surface area (Å²) in [7, 11) is 0. The number of benzene rings is 1. The van der Waals surface area contributed by atoms with Crippen LogP contribution >= 0.6 is 27.7 Å². The molecule has 1 aliphatic heterocycles. The zero-order valence-electron chi connectivity index (χ0n) is 11.5. The Hall–Kier alpha value is -1.53. The number of carbonyl (C=O) groups excluding carboxylic acids is 1. The second-order valence-electron chi connectivity index (χ2n) is 4.72. The van der Waals surface area contributed by atoms with Gasteiger partial charge in [-0.05, 0) is 42.8 Å². The molecule has 0 spiro atoms. The van der Waals surface area contributed by atoms with Gasteiger partial charge in [0.15, 0.2) is 0 Å². The number of hydrogen-bond acceptors (Lipinski definition) is 3. The first kappa shape index (κ1) is 14.4. The number of thioether (sulfide) groups is 1. The molecule has 0 unspecified atom stereocenters. The first-order valence-electron chi connectivity index (χ1n) is 6.57. The second-order valence-corrected chi connectivity index (χ2v) is 6.66. The van der Waals surface area contributed by atoms with E-state index in [1.54, 1.807) is 22.9 Å². The summed E-state index contributed by atoms with van der Waals surface area (Å²) in [5.74, 6) is 0.858. The zero-order chi connectivity index (χ0) is 14.8. The van der Waals surface area contributed by atoms with Crippen molar-refractivity contribution in [3.63, 3.8) is 0 Å². The van der Waals surface area contributed by atoms with Crippen LogP contribution in [-0.4, -0.2) is 23.3 Å². The summed E-state index contributed by atoms with van der Waals surface area (Å²) < 4.78 is 1.03. The standard InChI is InChI=1S/C15H14BrN3OS/c1-10-9-11(4-5-12(10)16)18-15(20)19-7-8-21-14-13(19)3-2-6-17-14/h2-6,9H,7-8H2,1H3,(H,18,20). The number of amides is 2. The number of rotatable bonds is 1. The molecule has 1 N–H and O–H groups in total. The van der Waals surface area contributed by atoms with Crippen molar-refractivity contribution in [2.75, 3.05) is 22.5 Å². The topological polar surface area (TPSA) is 45.2 Å². The molecule has 108 valence electrons. The van der Waals surface area contributed by atoms with Gasteiger partial charge in [-0.3, -0.25) is 4.90 Å². The van der Waals surface area contributed by atoms with Crippen LogP contribution in [0.3, 0.4) is 0 Å². The van der Waals surface area contributed by atoms with E-state index in [0.717, 1.165) is 32.2 Å². The van der Waals surface area contributed by atoms with Crippen molar-refractivity contribution >= 4 is 45.1 Å². The third kappa shape index (κ3) is 3.06. The van der Waals surface area contributed by atoms with Crippen LogP contribution in [0, 0.1) is 6.92 Å². The van der Waals surface area contributed by atoms with E-state index in [4.69, 9.17) is 0 Å². The van der Waals surface area contributed by atoms with Crippen LogP contribution in [0.5, 0.6) is 0 Å². The first-order valence-corrected chi connectivity index (χ1v) is 8.35. The molecule has 2 amide bonds. The van der Waals surface area contributed by atoms with Gasteiger partial charge >= 0.3 is 6.03 Å². The summed E-state index contributed by atoms with van der Waals surface area (Å²) in [6, 6.07) is 9.44. The molecule has 4 nitrogen and oxygen atoms in total. The lowest BCUT2D eigenvalue weighted by Gasteiger charge is -2.28. The Labute approximate surface area is 136 Å². The summed E-state index contributed by atoms with van der Waals surface area (Å²) in [4.78, 5) is 18.6. The highest BCUT2D eigenvalue weighted by Gasteiger charge is 2.23. The quantitative estimate of drug-likeness (QED) is 0.821. The minimum Gasteiger partial charge on any atom is -0.308 e. The number of aryl methyl sites for hydroxylation is 1. The van der Waals surface area contributed by atoms with Crippen molar-refractivity contribution in [3.8, 4) is 0 Å². The molecule has 3 rings (SSSR count). The highest BCUT2D eigenvalue weighted by atomic mass is 79.9. The number of hydrogen-bond donors (Lipinski definition) is 1. The lowest BCUT2D eigenvalue weighted by Crippen LogP contribution is -2.38.